The minimum Gasteiger partial charge on any atom is -0.454 e. The minimum absolute atomic E-state index is 0.691. The van der Waals surface area contributed by atoms with E-state index in [1.165, 1.54) is 5.39 Å². The molecule has 0 amide bonds. The SMILES string of the molecule is c1ccc(-c2nc(-c3ccccc3)c3cc(-n4c5ccccc5c5c6cccnc6c6oc7ccccc7c6c54)ccc3n2)cc1.c1ccc(-c2nc(-n3c4ccccc4c4c5cccnc5c5oc6ccccc6c5c43)c3ccccc3n2)cc1.c1cnc2c(c1)ccc1ccc(-n3c4ccccc4c4c5cccnc5c5oc6ccccc6c5c43)nc12. The smallest absolute Gasteiger partial charge is 0.163 e. The van der Waals surface area contributed by atoms with Crippen LogP contribution >= 0.6 is 0 Å². The van der Waals surface area contributed by atoms with E-state index >= 15 is 0 Å². The monoisotopic (exact) mass is 1590 g/mol. The van der Waals surface area contributed by atoms with Crippen LogP contribution in [0.4, 0.5) is 0 Å². The van der Waals surface area contributed by atoms with E-state index in [9.17, 15) is 0 Å². The average molecular weight is 1590 g/mol. The van der Waals surface area contributed by atoms with Crippen LogP contribution in [-0.4, -0.2) is 58.6 Å². The van der Waals surface area contributed by atoms with Crippen molar-refractivity contribution in [1.82, 2.24) is 58.6 Å². The highest BCUT2D eigenvalue weighted by Gasteiger charge is 2.30. The number of furan rings is 3. The third kappa shape index (κ3) is 10.3. The zero-order valence-corrected chi connectivity index (χ0v) is 65.9. The summed E-state index contributed by atoms with van der Waals surface area (Å²) in [5.74, 6) is 3.08. The first-order chi connectivity index (χ1) is 61.6. The zero-order valence-electron chi connectivity index (χ0n) is 65.9. The van der Waals surface area contributed by atoms with E-state index in [1.807, 2.05) is 140 Å². The molecule has 15 aromatic carbocycles. The number of pyridine rings is 5. The van der Waals surface area contributed by atoms with Crippen LogP contribution in [-0.2, 0) is 0 Å². The van der Waals surface area contributed by atoms with Gasteiger partial charge in [0.15, 0.2) is 28.4 Å². The van der Waals surface area contributed by atoms with E-state index < -0.39 is 0 Å². The van der Waals surface area contributed by atoms with Crippen molar-refractivity contribution in [3.8, 4) is 51.4 Å². The highest BCUT2D eigenvalue weighted by Crippen LogP contribution is 2.51. The molecule has 0 fully saturated rings. The van der Waals surface area contributed by atoms with Gasteiger partial charge in [-0.1, -0.05) is 249 Å². The van der Waals surface area contributed by atoms with Gasteiger partial charge in [0.2, 0.25) is 0 Å². The number of fused-ring (bicyclic) bond motifs is 35. The van der Waals surface area contributed by atoms with Crippen molar-refractivity contribution in [2.24, 2.45) is 0 Å². The molecule has 0 saturated heterocycles. The maximum Gasteiger partial charge on any atom is 0.163 e. The molecule has 0 atom stereocenters. The normalized spacial score (nSPS) is 12.0. The van der Waals surface area contributed by atoms with Crippen molar-refractivity contribution in [1.29, 1.82) is 0 Å². The van der Waals surface area contributed by atoms with Crippen molar-refractivity contribution in [3.05, 3.63) is 377 Å². The Hall–Kier alpha value is -17.2. The van der Waals surface area contributed by atoms with Crippen LogP contribution in [0.5, 0.6) is 0 Å². The third-order valence-electron chi connectivity index (χ3n) is 24.5. The Morgan fingerprint density at radius 3 is 1.13 bits per heavy atom. The number of aromatic nitrogens is 12. The molecule has 28 rings (SSSR count). The Labute approximate surface area is 702 Å². The number of nitrogens with zero attached hydrogens (tertiary/aromatic N) is 12. The molecule has 0 aliphatic rings. The first-order valence-electron chi connectivity index (χ1n) is 41.3. The molecule has 124 heavy (non-hydrogen) atoms. The van der Waals surface area contributed by atoms with Gasteiger partial charge in [0, 0.05) is 133 Å². The van der Waals surface area contributed by atoms with Crippen LogP contribution < -0.4 is 0 Å². The van der Waals surface area contributed by atoms with Crippen LogP contribution in [0.25, 0.3) is 259 Å². The van der Waals surface area contributed by atoms with Gasteiger partial charge in [-0.2, -0.15) is 0 Å². The minimum atomic E-state index is 0.691. The van der Waals surface area contributed by atoms with Crippen molar-refractivity contribution in [2.75, 3.05) is 0 Å². The van der Waals surface area contributed by atoms with Gasteiger partial charge >= 0.3 is 0 Å². The van der Waals surface area contributed by atoms with E-state index in [-0.39, 0.29) is 0 Å². The molecule has 0 aliphatic heterocycles. The number of hydrogen-bond acceptors (Lipinski definition) is 12. The standard InChI is InChI=1S/C41H24N4O.C35H20N4O.C33H18N4O/c1-3-12-25(13-4-1)37-31-24-27(21-22-32(31)43-41(44-37)26-14-5-2-6-15-26)45-33-19-9-7-16-28(33)35-30-18-11-23-42-38(30)40-36(39(35)45)29-17-8-10-20-34(29)46-40;1-2-11-21(12-3-1)34-37-26-17-7-4-13-22(26)35(38-34)39-27-18-8-5-14-23(27)29-25-16-10-20-36-31(25)33-30(32(29)39)24-15-6-9-19-28(24)40-33;1-3-11-24-21(8-1)27-23-10-6-18-35-31(23)33-28(22-9-2-4-12-25(22)38-33)32(27)37(24)26-16-15-20-14-13-19-7-5-17-34-29(19)30(20)36-26/h1-24H;1-20H;1-18H. The maximum atomic E-state index is 6.57. The van der Waals surface area contributed by atoms with Gasteiger partial charge in [0.25, 0.3) is 0 Å². The van der Waals surface area contributed by atoms with Gasteiger partial charge in [-0.3, -0.25) is 29.1 Å². The van der Waals surface area contributed by atoms with Crippen molar-refractivity contribution < 1.29 is 13.3 Å². The fraction of sp³-hybridized carbons (Fsp3) is 0. The Balaban J connectivity index is 0.0000001000. The molecule has 0 spiro atoms. The number of rotatable bonds is 6. The van der Waals surface area contributed by atoms with Gasteiger partial charge in [-0.05, 0) is 103 Å². The Morgan fingerprint density at radius 2 is 0.605 bits per heavy atom. The summed E-state index contributed by atoms with van der Waals surface area (Å²) < 4.78 is 26.5. The molecule has 0 N–H and O–H groups in total. The van der Waals surface area contributed by atoms with Gasteiger partial charge in [0.1, 0.15) is 44.9 Å². The van der Waals surface area contributed by atoms with Crippen molar-refractivity contribution in [3.63, 3.8) is 0 Å². The molecule has 0 bridgehead atoms. The van der Waals surface area contributed by atoms with Gasteiger partial charge < -0.3 is 17.8 Å². The van der Waals surface area contributed by atoms with Crippen molar-refractivity contribution in [2.45, 2.75) is 0 Å². The van der Waals surface area contributed by atoms with E-state index in [0.29, 0.717) is 11.6 Å². The van der Waals surface area contributed by atoms with Crippen LogP contribution in [0.1, 0.15) is 0 Å². The summed E-state index contributed by atoms with van der Waals surface area (Å²) in [6.07, 6.45) is 7.35. The van der Waals surface area contributed by atoms with Crippen LogP contribution in [0.3, 0.4) is 0 Å². The zero-order chi connectivity index (χ0) is 81.2. The molecule has 15 nitrogen and oxygen atoms in total. The van der Waals surface area contributed by atoms with E-state index in [1.54, 1.807) is 0 Å². The van der Waals surface area contributed by atoms with E-state index in [0.717, 1.165) is 242 Å². The lowest BCUT2D eigenvalue weighted by Crippen LogP contribution is -2.03. The maximum absolute atomic E-state index is 6.57. The molecule has 576 valence electrons. The summed E-state index contributed by atoms with van der Waals surface area (Å²) in [6, 6.07) is 121. The quantitative estimate of drug-likeness (QED) is 0.145. The van der Waals surface area contributed by atoms with Gasteiger partial charge in [-0.25, -0.2) is 24.9 Å². The fourth-order valence-corrected chi connectivity index (χ4v) is 19.3. The predicted octanol–water partition coefficient (Wildman–Crippen LogP) is 27.7. The third-order valence-corrected chi connectivity index (χ3v) is 24.5. The Morgan fingerprint density at radius 1 is 0.226 bits per heavy atom. The molecule has 0 unspecified atom stereocenters. The van der Waals surface area contributed by atoms with Gasteiger partial charge in [-0.15, -0.1) is 0 Å². The second kappa shape index (κ2) is 27.2. The summed E-state index contributed by atoms with van der Waals surface area (Å²) >= 11 is 0. The van der Waals surface area contributed by atoms with Gasteiger partial charge in [0.05, 0.1) is 77.0 Å². The van der Waals surface area contributed by atoms with Crippen molar-refractivity contribution >= 4 is 208 Å². The largest absolute Gasteiger partial charge is 0.454 e. The van der Waals surface area contributed by atoms with Crippen LogP contribution in [0.2, 0.25) is 0 Å². The molecule has 13 aromatic heterocycles. The van der Waals surface area contributed by atoms with Crippen LogP contribution in [0, 0.1) is 0 Å². The Bertz CT molecular complexity index is 9360. The highest BCUT2D eigenvalue weighted by atomic mass is 16.3. The molecule has 0 saturated carbocycles. The average Bonchev–Trinajstić information content (AvgIpc) is 1.58. The lowest BCUT2D eigenvalue weighted by molar-refractivity contribution is 0.671. The number of hydrogen-bond donors (Lipinski definition) is 0. The molecule has 0 aliphatic carbocycles. The summed E-state index contributed by atoms with van der Waals surface area (Å²) in [4.78, 5) is 44.9. The van der Waals surface area contributed by atoms with Crippen LogP contribution in [0.15, 0.2) is 390 Å². The first-order valence-corrected chi connectivity index (χ1v) is 41.3. The number of benzene rings is 15. The lowest BCUT2D eigenvalue weighted by atomic mass is 10.0. The second-order valence-corrected chi connectivity index (χ2v) is 31.3. The molecular formula is C109H62N12O3. The summed E-state index contributed by atoms with van der Waals surface area (Å²) in [5.41, 5.74) is 22.6. The molecule has 28 aromatic rings. The number of para-hydroxylation sites is 7. The molecule has 0 radical (unpaired) electrons. The lowest BCUT2D eigenvalue weighted by Gasteiger charge is -2.13. The van der Waals surface area contributed by atoms with E-state index in [4.69, 9.17) is 53.1 Å². The second-order valence-electron chi connectivity index (χ2n) is 31.3. The molecule has 13 heterocycles. The highest BCUT2D eigenvalue weighted by molar-refractivity contribution is 6.38. The topological polar surface area (TPSA) is 170 Å². The van der Waals surface area contributed by atoms with E-state index in [2.05, 4.69) is 255 Å². The fourth-order valence-electron chi connectivity index (χ4n) is 19.3. The summed E-state index contributed by atoms with van der Waals surface area (Å²) in [6.45, 7) is 0. The molecule has 15 heteroatoms. The first kappa shape index (κ1) is 68.8. The summed E-state index contributed by atoms with van der Waals surface area (Å²) in [5, 5.41) is 20.6. The molecular weight excluding hydrogens is 1530 g/mol. The predicted molar refractivity (Wildman–Crippen MR) is 503 cm³/mol. The summed E-state index contributed by atoms with van der Waals surface area (Å²) in [7, 11) is 0. The Kier molecular flexibility index (Phi) is 15.1.